The van der Waals surface area contributed by atoms with Gasteiger partial charge in [-0.3, -0.25) is 14.5 Å². The Morgan fingerprint density at radius 3 is 2.45 bits per heavy atom. The van der Waals surface area contributed by atoms with Gasteiger partial charge in [-0.1, -0.05) is 12.1 Å². The number of ether oxygens (including phenoxy) is 4. The summed E-state index contributed by atoms with van der Waals surface area (Å²) in [5, 5.41) is 0. The Bertz CT molecular complexity index is 1110. The maximum atomic E-state index is 13.3. The zero-order valence-electron chi connectivity index (χ0n) is 18.0. The molecule has 1 amide bonds. The number of hydrogen-bond donors (Lipinski definition) is 0. The van der Waals surface area contributed by atoms with Gasteiger partial charge in [0.15, 0.2) is 0 Å². The number of rotatable bonds is 4. The first kappa shape index (κ1) is 20.7. The van der Waals surface area contributed by atoms with Gasteiger partial charge in [-0.05, 0) is 55.2 Å². The summed E-state index contributed by atoms with van der Waals surface area (Å²) in [5.74, 6) is 0.184. The Balaban J connectivity index is 1.84. The third-order valence-electron chi connectivity index (χ3n) is 5.83. The molecule has 0 aliphatic carbocycles. The van der Waals surface area contributed by atoms with Gasteiger partial charge >= 0.3 is 12.1 Å². The van der Waals surface area contributed by atoms with Crippen molar-refractivity contribution in [2.75, 3.05) is 18.6 Å². The minimum Gasteiger partial charge on any atom is -0.496 e. The van der Waals surface area contributed by atoms with Crippen LogP contribution in [0.1, 0.15) is 35.2 Å². The van der Waals surface area contributed by atoms with Gasteiger partial charge in [0.05, 0.1) is 7.11 Å². The number of methoxy groups -OCH3 is 1. The van der Waals surface area contributed by atoms with Crippen molar-refractivity contribution < 1.29 is 33.3 Å². The molecule has 2 aliphatic heterocycles. The summed E-state index contributed by atoms with van der Waals surface area (Å²) >= 11 is 0. The second kappa shape index (κ2) is 7.30. The van der Waals surface area contributed by atoms with Crippen LogP contribution in [0.4, 0.5) is 10.5 Å². The van der Waals surface area contributed by atoms with Crippen LogP contribution in [-0.4, -0.2) is 37.3 Å². The van der Waals surface area contributed by atoms with E-state index in [1.807, 2.05) is 32.9 Å². The second-order valence-electron chi connectivity index (χ2n) is 7.82. The van der Waals surface area contributed by atoms with Crippen molar-refractivity contribution in [3.05, 3.63) is 52.6 Å². The number of amides is 1. The zero-order valence-corrected chi connectivity index (χ0v) is 18.0. The van der Waals surface area contributed by atoms with Crippen LogP contribution in [0.25, 0.3) is 0 Å². The molecule has 1 spiro atoms. The molecule has 0 N–H and O–H groups in total. The van der Waals surface area contributed by atoms with E-state index in [4.69, 9.17) is 18.9 Å². The number of benzene rings is 2. The van der Waals surface area contributed by atoms with Crippen molar-refractivity contribution in [1.29, 1.82) is 0 Å². The lowest BCUT2D eigenvalue weighted by Crippen LogP contribution is -2.70. The van der Waals surface area contributed by atoms with Gasteiger partial charge < -0.3 is 18.9 Å². The first-order valence-electron chi connectivity index (χ1n) is 9.81. The second-order valence-corrected chi connectivity index (χ2v) is 7.82. The fourth-order valence-corrected chi connectivity index (χ4v) is 4.09. The van der Waals surface area contributed by atoms with Crippen LogP contribution in [0, 0.1) is 20.8 Å². The fraction of sp³-hybridized carbons (Fsp3) is 0.348. The molecule has 162 valence electrons. The summed E-state index contributed by atoms with van der Waals surface area (Å²) in [6.07, 6.45) is -0.886. The van der Waals surface area contributed by atoms with Crippen LogP contribution >= 0.6 is 0 Å². The number of carbonyl (C=O) groups excluding carboxylic acids is 3. The van der Waals surface area contributed by atoms with Crippen LogP contribution < -0.4 is 14.4 Å². The summed E-state index contributed by atoms with van der Waals surface area (Å²) < 4.78 is 21.2. The van der Waals surface area contributed by atoms with Crippen LogP contribution in [0.15, 0.2) is 30.3 Å². The predicted octanol–water partition coefficient (Wildman–Crippen LogP) is 3.54. The Hall–Kier alpha value is -3.55. The van der Waals surface area contributed by atoms with Crippen LogP contribution in [0.2, 0.25) is 0 Å². The highest BCUT2D eigenvalue weighted by atomic mass is 16.8. The quantitative estimate of drug-likeness (QED) is 0.420. The van der Waals surface area contributed by atoms with Crippen LogP contribution in [0.3, 0.4) is 0 Å². The monoisotopic (exact) mass is 425 g/mol. The van der Waals surface area contributed by atoms with Crippen molar-refractivity contribution in [3.8, 4) is 11.5 Å². The zero-order chi connectivity index (χ0) is 22.5. The van der Waals surface area contributed by atoms with E-state index in [-0.39, 0.29) is 12.5 Å². The van der Waals surface area contributed by atoms with E-state index >= 15 is 0 Å². The smallest absolute Gasteiger partial charge is 0.496 e. The maximum Gasteiger partial charge on any atom is 0.509 e. The lowest BCUT2D eigenvalue weighted by atomic mass is 9.77. The van der Waals surface area contributed by atoms with Gasteiger partial charge in [0.1, 0.15) is 24.1 Å². The molecule has 2 aromatic carbocycles. The van der Waals surface area contributed by atoms with Gasteiger partial charge in [-0.25, -0.2) is 4.79 Å². The summed E-state index contributed by atoms with van der Waals surface area (Å²) in [4.78, 5) is 38.1. The standard InChI is InChI=1S/C23H23NO7/c1-12-6-7-16(9-18(12)30-15(4)25)20-23(11-29-22(27)31-23)21(26)24(20)17-8-13(2)14(3)19(10-17)28-5/h6-10,20H,11H2,1-5H3/t20-,23-/m0/s1. The highest BCUT2D eigenvalue weighted by Crippen LogP contribution is 2.52. The van der Waals surface area contributed by atoms with Gasteiger partial charge in [-0.2, -0.15) is 0 Å². The summed E-state index contributed by atoms with van der Waals surface area (Å²) in [7, 11) is 1.57. The Kier molecular flexibility index (Phi) is 4.88. The molecule has 2 saturated heterocycles. The van der Waals surface area contributed by atoms with E-state index in [0.29, 0.717) is 22.7 Å². The number of cyclic esters (lactones) is 1. The van der Waals surface area contributed by atoms with E-state index in [1.54, 1.807) is 30.2 Å². The average Bonchev–Trinajstić information content (AvgIpc) is 3.13. The van der Waals surface area contributed by atoms with E-state index in [2.05, 4.69) is 0 Å². The lowest BCUT2D eigenvalue weighted by molar-refractivity contribution is -0.149. The van der Waals surface area contributed by atoms with Gasteiger partial charge in [0.25, 0.3) is 11.5 Å². The molecule has 2 atom stereocenters. The minimum absolute atomic E-state index is 0.190. The molecular weight excluding hydrogens is 402 g/mol. The van der Waals surface area contributed by atoms with E-state index in [1.165, 1.54) is 6.92 Å². The van der Waals surface area contributed by atoms with Crippen molar-refractivity contribution in [2.45, 2.75) is 39.3 Å². The molecule has 4 rings (SSSR count). The lowest BCUT2D eigenvalue weighted by Gasteiger charge is -2.51. The molecule has 31 heavy (non-hydrogen) atoms. The SMILES string of the molecule is COc1cc(N2C(=O)[C@]3(COC(=O)O3)[C@@H]2c2ccc(C)c(OC(C)=O)c2)cc(C)c1C. The van der Waals surface area contributed by atoms with Gasteiger partial charge in [0, 0.05) is 18.7 Å². The molecular formula is C23H23NO7. The maximum absolute atomic E-state index is 13.3. The van der Waals surface area contributed by atoms with Crippen molar-refractivity contribution in [2.24, 2.45) is 0 Å². The van der Waals surface area contributed by atoms with Gasteiger partial charge in [-0.15, -0.1) is 0 Å². The molecule has 2 fully saturated rings. The Labute approximate surface area is 179 Å². The first-order chi connectivity index (χ1) is 14.7. The topological polar surface area (TPSA) is 91.4 Å². The molecule has 0 aromatic heterocycles. The normalized spacial score (nSPS) is 22.1. The number of esters is 1. The Morgan fingerprint density at radius 1 is 1.10 bits per heavy atom. The molecule has 8 heteroatoms. The predicted molar refractivity (Wildman–Crippen MR) is 110 cm³/mol. The highest BCUT2D eigenvalue weighted by Gasteiger charge is 2.69. The fourth-order valence-electron chi connectivity index (χ4n) is 4.09. The van der Waals surface area contributed by atoms with Crippen molar-refractivity contribution in [1.82, 2.24) is 0 Å². The molecule has 0 bridgehead atoms. The largest absolute Gasteiger partial charge is 0.509 e. The van der Waals surface area contributed by atoms with Crippen LogP contribution in [-0.2, 0) is 19.1 Å². The molecule has 0 radical (unpaired) electrons. The van der Waals surface area contributed by atoms with Gasteiger partial charge in [0.2, 0.25) is 0 Å². The van der Waals surface area contributed by atoms with Crippen LogP contribution in [0.5, 0.6) is 11.5 Å². The van der Waals surface area contributed by atoms with E-state index < -0.39 is 23.8 Å². The van der Waals surface area contributed by atoms with Crippen molar-refractivity contribution >= 4 is 23.7 Å². The molecule has 0 unspecified atom stereocenters. The highest BCUT2D eigenvalue weighted by molar-refractivity contribution is 6.10. The van der Waals surface area contributed by atoms with E-state index in [9.17, 15) is 14.4 Å². The molecule has 8 nitrogen and oxygen atoms in total. The minimum atomic E-state index is -1.47. The number of nitrogens with zero attached hydrogens (tertiary/aromatic N) is 1. The molecule has 2 aliphatic rings. The number of anilines is 1. The number of aryl methyl sites for hydroxylation is 2. The first-order valence-corrected chi connectivity index (χ1v) is 9.81. The summed E-state index contributed by atoms with van der Waals surface area (Å²) in [6, 6.07) is 8.30. The van der Waals surface area contributed by atoms with E-state index in [0.717, 1.165) is 16.7 Å². The number of carbonyl (C=O) groups is 3. The third-order valence-corrected chi connectivity index (χ3v) is 5.83. The molecule has 2 aromatic rings. The Morgan fingerprint density at radius 2 is 1.84 bits per heavy atom. The summed E-state index contributed by atoms with van der Waals surface area (Å²) in [5.41, 5.74) is 2.47. The average molecular weight is 425 g/mol. The number of β-lactam (4-membered cyclic amide) rings is 1. The molecule has 0 saturated carbocycles. The summed E-state index contributed by atoms with van der Waals surface area (Å²) in [6.45, 7) is 6.81. The number of hydrogen-bond acceptors (Lipinski definition) is 7. The van der Waals surface area contributed by atoms with Crippen molar-refractivity contribution in [3.63, 3.8) is 0 Å². The molecule has 2 heterocycles. The third kappa shape index (κ3) is 3.19.